The molecule has 32 heavy (non-hydrogen) atoms. The Bertz CT molecular complexity index is 1370. The highest BCUT2D eigenvalue weighted by Crippen LogP contribution is 2.47. The second-order valence-electron chi connectivity index (χ2n) is 9.58. The van der Waals surface area contributed by atoms with E-state index in [4.69, 9.17) is 5.10 Å². The van der Waals surface area contributed by atoms with Crippen LogP contribution in [0.1, 0.15) is 64.2 Å². The molecule has 0 spiro atoms. The van der Waals surface area contributed by atoms with Crippen LogP contribution in [0.2, 0.25) is 0 Å². The van der Waals surface area contributed by atoms with E-state index in [0.29, 0.717) is 28.4 Å². The van der Waals surface area contributed by atoms with Crippen LogP contribution in [0.25, 0.3) is 10.9 Å². The van der Waals surface area contributed by atoms with Gasteiger partial charge >= 0.3 is 0 Å². The van der Waals surface area contributed by atoms with E-state index in [1.165, 1.54) is 26.3 Å². The standard InChI is InChI=1S/C23H28N4O4S/c1-13-6-4-5-7-16(13)27-17-10-11-24-22(29)19(17)21(26-27)25-14-8-9-18-15(12-14)20(28)23(2,3)32(18,30)31/h8-13,16,20,28H,4-7H2,1-3H3,(H,24,29)(H,25,26)/t13-,16-,20?/m0/s1. The van der Waals surface area contributed by atoms with Crippen LogP contribution in [0.3, 0.4) is 0 Å². The summed E-state index contributed by atoms with van der Waals surface area (Å²) in [5.41, 5.74) is 1.48. The van der Waals surface area contributed by atoms with E-state index in [-0.39, 0.29) is 16.5 Å². The fourth-order valence-corrected chi connectivity index (χ4v) is 6.84. The number of nitrogens with one attached hydrogen (secondary N) is 2. The molecule has 1 saturated carbocycles. The summed E-state index contributed by atoms with van der Waals surface area (Å²) in [6, 6.07) is 6.89. The van der Waals surface area contributed by atoms with Crippen LogP contribution in [-0.4, -0.2) is 33.0 Å². The second kappa shape index (κ2) is 7.18. The van der Waals surface area contributed by atoms with Crippen LogP contribution in [0, 0.1) is 5.92 Å². The van der Waals surface area contributed by atoms with Crippen molar-refractivity contribution in [3.05, 3.63) is 46.4 Å². The van der Waals surface area contributed by atoms with E-state index < -0.39 is 20.7 Å². The normalized spacial score (nSPS) is 26.2. The molecule has 5 rings (SSSR count). The number of H-pyrrole nitrogens is 1. The summed E-state index contributed by atoms with van der Waals surface area (Å²) in [5, 5.41) is 19.1. The molecule has 3 N–H and O–H groups in total. The third-order valence-electron chi connectivity index (χ3n) is 7.22. The number of aromatic nitrogens is 3. The first-order valence-electron chi connectivity index (χ1n) is 11.1. The molecule has 0 amide bonds. The summed E-state index contributed by atoms with van der Waals surface area (Å²) in [7, 11) is -3.63. The molecule has 2 aliphatic rings. The van der Waals surface area contributed by atoms with E-state index in [1.807, 2.05) is 10.7 Å². The molecule has 3 aromatic rings. The Labute approximate surface area is 186 Å². The lowest BCUT2D eigenvalue weighted by molar-refractivity contribution is 0.144. The Morgan fingerprint density at radius 1 is 1.22 bits per heavy atom. The van der Waals surface area contributed by atoms with Crippen molar-refractivity contribution in [1.29, 1.82) is 0 Å². The van der Waals surface area contributed by atoms with Crippen LogP contribution in [0.15, 0.2) is 40.2 Å². The third kappa shape index (κ3) is 2.94. The highest BCUT2D eigenvalue weighted by atomic mass is 32.2. The average Bonchev–Trinajstić information content (AvgIpc) is 3.17. The molecule has 0 saturated heterocycles. The number of nitrogens with zero attached hydrogens (tertiary/aromatic N) is 2. The first kappa shape index (κ1) is 21.2. The first-order chi connectivity index (χ1) is 15.1. The SMILES string of the molecule is C[C@H]1CCCC[C@@H]1n1nc(Nc2ccc3c(c2)C(O)C(C)(C)S3(=O)=O)c2c(=O)[nH]ccc21. The summed E-state index contributed by atoms with van der Waals surface area (Å²) < 4.78 is 26.2. The first-order valence-corrected chi connectivity index (χ1v) is 12.5. The number of aromatic amines is 1. The Balaban J connectivity index is 1.59. The van der Waals surface area contributed by atoms with Gasteiger partial charge in [0.2, 0.25) is 0 Å². The van der Waals surface area contributed by atoms with Crippen LogP contribution in [-0.2, 0) is 9.84 Å². The molecule has 1 fully saturated rings. The molecule has 8 nitrogen and oxygen atoms in total. The molecule has 3 heterocycles. The molecular formula is C23H28N4O4S. The molecule has 2 aromatic heterocycles. The van der Waals surface area contributed by atoms with Crippen molar-refractivity contribution in [3.8, 4) is 0 Å². The zero-order valence-electron chi connectivity index (χ0n) is 18.4. The van der Waals surface area contributed by atoms with Crippen LogP contribution in [0.4, 0.5) is 11.5 Å². The van der Waals surface area contributed by atoms with Crippen molar-refractivity contribution in [2.75, 3.05) is 5.32 Å². The molecule has 0 radical (unpaired) electrons. The van der Waals surface area contributed by atoms with Gasteiger partial charge in [0, 0.05) is 17.4 Å². The maximum Gasteiger partial charge on any atom is 0.261 e. The van der Waals surface area contributed by atoms with Crippen LogP contribution < -0.4 is 10.9 Å². The molecule has 3 atom stereocenters. The molecule has 0 bridgehead atoms. The number of aliphatic hydroxyl groups is 1. The van der Waals surface area contributed by atoms with Crippen molar-refractivity contribution in [2.24, 2.45) is 5.92 Å². The monoisotopic (exact) mass is 456 g/mol. The minimum atomic E-state index is -3.63. The van der Waals surface area contributed by atoms with Gasteiger partial charge in [-0.3, -0.25) is 9.48 Å². The second-order valence-corrected chi connectivity index (χ2v) is 12.1. The summed E-state index contributed by atoms with van der Waals surface area (Å²) in [6.45, 7) is 5.28. The molecule has 1 aromatic carbocycles. The summed E-state index contributed by atoms with van der Waals surface area (Å²) in [6.07, 6.45) is 4.99. The van der Waals surface area contributed by atoms with Gasteiger partial charge in [-0.25, -0.2) is 8.42 Å². The van der Waals surface area contributed by atoms with Gasteiger partial charge < -0.3 is 15.4 Å². The van der Waals surface area contributed by atoms with Gasteiger partial charge in [-0.15, -0.1) is 0 Å². The molecule has 1 unspecified atom stereocenters. The number of fused-ring (bicyclic) bond motifs is 2. The van der Waals surface area contributed by atoms with Crippen molar-refractivity contribution < 1.29 is 13.5 Å². The van der Waals surface area contributed by atoms with E-state index in [0.717, 1.165) is 24.8 Å². The molecule has 1 aliphatic carbocycles. The van der Waals surface area contributed by atoms with Gasteiger partial charge in [-0.05, 0) is 56.9 Å². The number of rotatable bonds is 3. The van der Waals surface area contributed by atoms with Gasteiger partial charge in [0.25, 0.3) is 5.56 Å². The summed E-state index contributed by atoms with van der Waals surface area (Å²) in [4.78, 5) is 15.6. The van der Waals surface area contributed by atoms with Gasteiger partial charge in [-0.2, -0.15) is 5.10 Å². The van der Waals surface area contributed by atoms with Gasteiger partial charge in [-0.1, -0.05) is 19.8 Å². The van der Waals surface area contributed by atoms with Crippen molar-refractivity contribution >= 4 is 32.2 Å². The van der Waals surface area contributed by atoms with E-state index in [2.05, 4.69) is 17.2 Å². The fourth-order valence-electron chi connectivity index (χ4n) is 5.13. The predicted octanol–water partition coefficient (Wildman–Crippen LogP) is 3.82. The smallest absolute Gasteiger partial charge is 0.261 e. The fraction of sp³-hybridized carbons (Fsp3) is 0.478. The number of aliphatic hydroxyl groups excluding tert-OH is 1. The van der Waals surface area contributed by atoms with Crippen LogP contribution >= 0.6 is 0 Å². The Morgan fingerprint density at radius 2 is 1.97 bits per heavy atom. The lowest BCUT2D eigenvalue weighted by atomic mass is 9.86. The average molecular weight is 457 g/mol. The zero-order valence-corrected chi connectivity index (χ0v) is 19.2. The zero-order chi connectivity index (χ0) is 22.8. The number of pyridine rings is 1. The quantitative estimate of drug-likeness (QED) is 0.552. The molecule has 9 heteroatoms. The molecule has 1 aliphatic heterocycles. The Kier molecular flexibility index (Phi) is 4.76. The predicted molar refractivity (Wildman–Crippen MR) is 123 cm³/mol. The van der Waals surface area contributed by atoms with E-state index >= 15 is 0 Å². The number of benzene rings is 1. The number of anilines is 2. The summed E-state index contributed by atoms with van der Waals surface area (Å²) >= 11 is 0. The maximum absolute atomic E-state index is 12.8. The van der Waals surface area contributed by atoms with Gasteiger partial charge in [0.05, 0.1) is 22.6 Å². The minimum absolute atomic E-state index is 0.143. The highest BCUT2D eigenvalue weighted by molar-refractivity contribution is 7.93. The van der Waals surface area contributed by atoms with Gasteiger partial charge in [0.1, 0.15) is 10.1 Å². The largest absolute Gasteiger partial charge is 0.387 e. The Hall–Kier alpha value is -2.65. The van der Waals surface area contributed by atoms with Crippen molar-refractivity contribution in [2.45, 2.75) is 68.2 Å². The molecule has 170 valence electrons. The van der Waals surface area contributed by atoms with E-state index in [1.54, 1.807) is 18.3 Å². The molecular weight excluding hydrogens is 428 g/mol. The Morgan fingerprint density at radius 3 is 2.72 bits per heavy atom. The van der Waals surface area contributed by atoms with Crippen LogP contribution in [0.5, 0.6) is 0 Å². The number of hydrogen-bond acceptors (Lipinski definition) is 6. The number of sulfone groups is 1. The highest BCUT2D eigenvalue weighted by Gasteiger charge is 2.51. The maximum atomic E-state index is 12.8. The minimum Gasteiger partial charge on any atom is -0.387 e. The summed E-state index contributed by atoms with van der Waals surface area (Å²) in [5.74, 6) is 0.885. The van der Waals surface area contributed by atoms with Crippen molar-refractivity contribution in [1.82, 2.24) is 14.8 Å². The topological polar surface area (TPSA) is 117 Å². The number of hydrogen-bond donors (Lipinski definition) is 3. The lowest BCUT2D eigenvalue weighted by Crippen LogP contribution is -2.32. The van der Waals surface area contributed by atoms with Crippen molar-refractivity contribution in [3.63, 3.8) is 0 Å². The van der Waals surface area contributed by atoms with E-state index in [9.17, 15) is 18.3 Å². The third-order valence-corrected chi connectivity index (χ3v) is 9.78. The lowest BCUT2D eigenvalue weighted by Gasteiger charge is -2.29. The van der Waals surface area contributed by atoms with Gasteiger partial charge in [0.15, 0.2) is 15.7 Å².